The third-order valence-corrected chi connectivity index (χ3v) is 6.16. The van der Waals surface area contributed by atoms with Crippen LogP contribution in [0.1, 0.15) is 24.0 Å². The van der Waals surface area contributed by atoms with Crippen molar-refractivity contribution in [1.29, 1.82) is 0 Å². The Morgan fingerprint density at radius 3 is 1.47 bits per heavy atom. The van der Waals surface area contributed by atoms with E-state index < -0.39 is 5.92 Å². The van der Waals surface area contributed by atoms with Crippen molar-refractivity contribution in [3.8, 4) is 17.2 Å². The lowest BCUT2D eigenvalue weighted by atomic mass is 9.79. The zero-order valence-electron chi connectivity index (χ0n) is 20.6. The van der Waals surface area contributed by atoms with Gasteiger partial charge in [0.25, 0.3) is 0 Å². The first-order valence-corrected chi connectivity index (χ1v) is 11.7. The lowest BCUT2D eigenvalue weighted by Gasteiger charge is -2.25. The van der Waals surface area contributed by atoms with E-state index in [-0.39, 0.29) is 11.7 Å². The SMILES string of the molecule is COc1ccc(/C=C2\CC(C(=O)Nc3ccc(OC)cc3)C/C(=C\c3ccc(OC)cc3)C2=O)cc1. The maximum Gasteiger partial charge on any atom is 0.228 e. The number of rotatable bonds is 7. The Bertz CT molecular complexity index is 1200. The Morgan fingerprint density at radius 2 is 1.08 bits per heavy atom. The van der Waals surface area contributed by atoms with Gasteiger partial charge < -0.3 is 19.5 Å². The average Bonchev–Trinajstić information content (AvgIpc) is 2.92. The normalized spacial score (nSPS) is 17.6. The van der Waals surface area contributed by atoms with Crippen LogP contribution in [0.2, 0.25) is 0 Å². The molecule has 0 atom stereocenters. The Balaban J connectivity index is 1.63. The molecule has 184 valence electrons. The first-order chi connectivity index (χ1) is 17.5. The second kappa shape index (κ2) is 11.4. The van der Waals surface area contributed by atoms with E-state index in [1.165, 1.54) is 0 Å². The molecule has 3 aromatic rings. The van der Waals surface area contributed by atoms with Gasteiger partial charge in [-0.15, -0.1) is 0 Å². The van der Waals surface area contributed by atoms with Gasteiger partial charge in [-0.1, -0.05) is 24.3 Å². The van der Waals surface area contributed by atoms with Crippen LogP contribution in [-0.2, 0) is 9.59 Å². The summed E-state index contributed by atoms with van der Waals surface area (Å²) in [6, 6.07) is 22.2. The Kier molecular flexibility index (Phi) is 7.85. The quantitative estimate of drug-likeness (QED) is 0.430. The molecule has 0 radical (unpaired) electrons. The smallest absolute Gasteiger partial charge is 0.228 e. The van der Waals surface area contributed by atoms with Crippen molar-refractivity contribution >= 4 is 29.5 Å². The van der Waals surface area contributed by atoms with Crippen LogP contribution in [0, 0.1) is 5.92 Å². The van der Waals surface area contributed by atoms with Crippen LogP contribution < -0.4 is 19.5 Å². The topological polar surface area (TPSA) is 73.9 Å². The third-order valence-electron chi connectivity index (χ3n) is 6.16. The molecule has 6 heteroatoms. The fourth-order valence-corrected chi connectivity index (χ4v) is 4.15. The number of nitrogens with one attached hydrogen (secondary N) is 1. The number of benzene rings is 3. The molecule has 0 heterocycles. The van der Waals surface area contributed by atoms with Crippen molar-refractivity contribution in [2.75, 3.05) is 26.6 Å². The minimum Gasteiger partial charge on any atom is -0.497 e. The molecule has 0 aliphatic heterocycles. The van der Waals surface area contributed by atoms with Gasteiger partial charge in [0.15, 0.2) is 5.78 Å². The van der Waals surface area contributed by atoms with Gasteiger partial charge in [0.05, 0.1) is 21.3 Å². The standard InChI is InChI=1S/C30H29NO5/c1-34-26-10-4-20(5-11-26)16-22-18-24(30(33)31-25-8-14-28(36-3)15-9-25)19-23(29(22)32)17-21-6-12-27(35-2)13-7-21/h4-17,24H,18-19H2,1-3H3,(H,31,33)/b22-16+,23-17+. The van der Waals surface area contributed by atoms with E-state index in [4.69, 9.17) is 14.2 Å². The van der Waals surface area contributed by atoms with Crippen molar-refractivity contribution in [3.63, 3.8) is 0 Å². The first kappa shape index (κ1) is 24.8. The molecule has 6 nitrogen and oxygen atoms in total. The number of hydrogen-bond acceptors (Lipinski definition) is 5. The summed E-state index contributed by atoms with van der Waals surface area (Å²) in [4.78, 5) is 26.7. The van der Waals surface area contributed by atoms with Crippen molar-refractivity contribution < 1.29 is 23.8 Å². The summed E-state index contributed by atoms with van der Waals surface area (Å²) in [6.45, 7) is 0. The number of hydrogen-bond donors (Lipinski definition) is 1. The molecule has 0 aromatic heterocycles. The monoisotopic (exact) mass is 483 g/mol. The lowest BCUT2D eigenvalue weighted by Crippen LogP contribution is -2.30. The molecule has 1 aliphatic rings. The molecule has 1 fully saturated rings. The summed E-state index contributed by atoms with van der Waals surface area (Å²) in [5.41, 5.74) is 3.62. The summed E-state index contributed by atoms with van der Waals surface area (Å²) < 4.78 is 15.7. The molecular formula is C30H29NO5. The first-order valence-electron chi connectivity index (χ1n) is 11.7. The summed E-state index contributed by atoms with van der Waals surface area (Å²) in [6.07, 6.45) is 4.42. The number of ketones is 1. The highest BCUT2D eigenvalue weighted by Gasteiger charge is 2.32. The minimum atomic E-state index is -0.390. The van der Waals surface area contributed by atoms with E-state index in [9.17, 15) is 9.59 Å². The minimum absolute atomic E-state index is 0.0462. The number of allylic oxidation sites excluding steroid dienone is 2. The zero-order chi connectivity index (χ0) is 25.5. The van der Waals surface area contributed by atoms with Gasteiger partial charge in [-0.2, -0.15) is 0 Å². The molecule has 0 saturated heterocycles. The van der Waals surface area contributed by atoms with Gasteiger partial charge in [-0.25, -0.2) is 0 Å². The van der Waals surface area contributed by atoms with Crippen molar-refractivity contribution in [1.82, 2.24) is 0 Å². The van der Waals surface area contributed by atoms with Crippen LogP contribution in [0.15, 0.2) is 83.9 Å². The van der Waals surface area contributed by atoms with Gasteiger partial charge >= 0.3 is 0 Å². The number of anilines is 1. The number of carbonyl (C=O) groups excluding carboxylic acids is 2. The second-order valence-electron chi connectivity index (χ2n) is 8.54. The Hall–Kier alpha value is -4.32. The highest BCUT2D eigenvalue weighted by molar-refractivity contribution is 6.15. The van der Waals surface area contributed by atoms with E-state index >= 15 is 0 Å². The Labute approximate surface area is 211 Å². The van der Waals surface area contributed by atoms with Crippen LogP contribution in [-0.4, -0.2) is 33.0 Å². The molecule has 36 heavy (non-hydrogen) atoms. The van der Waals surface area contributed by atoms with Crippen molar-refractivity contribution in [2.24, 2.45) is 5.92 Å². The maximum absolute atomic E-state index is 13.4. The van der Waals surface area contributed by atoms with Gasteiger partial charge in [0.2, 0.25) is 5.91 Å². The van der Waals surface area contributed by atoms with Gasteiger partial charge in [0, 0.05) is 22.8 Å². The number of amides is 1. The molecule has 1 aliphatic carbocycles. The van der Waals surface area contributed by atoms with Crippen LogP contribution in [0.3, 0.4) is 0 Å². The summed E-state index contributed by atoms with van der Waals surface area (Å²) >= 11 is 0. The predicted octanol–water partition coefficient (Wildman–Crippen LogP) is 5.80. The van der Waals surface area contributed by atoms with E-state index in [0.29, 0.717) is 35.4 Å². The van der Waals surface area contributed by atoms with Crippen LogP contribution in [0.4, 0.5) is 5.69 Å². The van der Waals surface area contributed by atoms with E-state index in [1.807, 2.05) is 60.7 Å². The van der Waals surface area contributed by atoms with Crippen molar-refractivity contribution in [2.45, 2.75) is 12.8 Å². The fourth-order valence-electron chi connectivity index (χ4n) is 4.15. The summed E-state index contributed by atoms with van der Waals surface area (Å²) in [5.74, 6) is 1.63. The summed E-state index contributed by atoms with van der Waals surface area (Å²) in [7, 11) is 4.82. The molecule has 1 N–H and O–H groups in total. The number of Topliss-reactive ketones (excluding diaryl/α,β-unsaturated/α-hetero) is 1. The van der Waals surface area contributed by atoms with Crippen molar-refractivity contribution in [3.05, 3.63) is 95.1 Å². The number of methoxy groups -OCH3 is 3. The highest BCUT2D eigenvalue weighted by atomic mass is 16.5. The van der Waals surface area contributed by atoms with E-state index in [0.717, 1.165) is 22.6 Å². The number of ether oxygens (including phenoxy) is 3. The molecule has 1 saturated carbocycles. The molecular weight excluding hydrogens is 454 g/mol. The molecule has 0 unspecified atom stereocenters. The zero-order valence-corrected chi connectivity index (χ0v) is 20.6. The molecule has 0 spiro atoms. The van der Waals surface area contributed by atoms with Crippen LogP contribution in [0.25, 0.3) is 12.2 Å². The molecule has 3 aromatic carbocycles. The predicted molar refractivity (Wildman–Crippen MR) is 141 cm³/mol. The lowest BCUT2D eigenvalue weighted by molar-refractivity contribution is -0.120. The molecule has 4 rings (SSSR count). The fraction of sp³-hybridized carbons (Fsp3) is 0.200. The average molecular weight is 484 g/mol. The molecule has 0 bridgehead atoms. The summed E-state index contributed by atoms with van der Waals surface area (Å²) in [5, 5.41) is 2.98. The number of carbonyl (C=O) groups is 2. The maximum atomic E-state index is 13.4. The van der Waals surface area contributed by atoms with Crippen LogP contribution in [0.5, 0.6) is 17.2 Å². The molecule has 1 amide bonds. The van der Waals surface area contributed by atoms with E-state index in [1.54, 1.807) is 45.6 Å². The van der Waals surface area contributed by atoms with Gasteiger partial charge in [-0.3, -0.25) is 9.59 Å². The largest absolute Gasteiger partial charge is 0.497 e. The van der Waals surface area contributed by atoms with Crippen LogP contribution >= 0.6 is 0 Å². The van der Waals surface area contributed by atoms with E-state index in [2.05, 4.69) is 5.32 Å². The third kappa shape index (κ3) is 6.02. The second-order valence-corrected chi connectivity index (χ2v) is 8.54. The van der Waals surface area contributed by atoms with Gasteiger partial charge in [-0.05, 0) is 84.7 Å². The highest BCUT2D eigenvalue weighted by Crippen LogP contribution is 2.34. The Morgan fingerprint density at radius 1 is 0.694 bits per heavy atom. The van der Waals surface area contributed by atoms with Gasteiger partial charge in [0.1, 0.15) is 17.2 Å².